The molecule has 4 fully saturated rings. The summed E-state index contributed by atoms with van der Waals surface area (Å²) in [6.45, 7) is 0. The topological polar surface area (TPSA) is 276 Å². The van der Waals surface area contributed by atoms with Crippen LogP contribution in [0.4, 0.5) is 34.8 Å². The molecule has 6 unspecified atom stereocenters. The van der Waals surface area contributed by atoms with Crippen LogP contribution in [0.25, 0.3) is 0 Å². The predicted molar refractivity (Wildman–Crippen MR) is 255 cm³/mol. The van der Waals surface area contributed by atoms with Gasteiger partial charge < -0.3 is 45.0 Å². The second kappa shape index (κ2) is 26.7. The fraction of sp³-hybridized carbons (Fsp3) is 0.541. The number of ether oxygens (including phenoxy) is 2. The molecule has 0 aliphatic carbocycles. The first kappa shape index (κ1) is 66.6. The number of amides is 4. The van der Waals surface area contributed by atoms with Crippen LogP contribution in [0.3, 0.4) is 0 Å². The number of urea groups is 2. The average Bonchev–Trinajstić information content (AvgIpc) is 3.96. The fourth-order valence-corrected chi connectivity index (χ4v) is 12.4. The normalized spacial score (nSPS) is 21.7. The number of esters is 1. The Morgan fingerprint density at radius 3 is 1.38 bits per heavy atom. The summed E-state index contributed by atoms with van der Waals surface area (Å²) in [4.78, 5) is 45.4. The minimum atomic E-state index is -10.7. The molecule has 4 saturated heterocycles. The van der Waals surface area contributed by atoms with Crippen molar-refractivity contribution in [2.75, 3.05) is 39.7 Å². The minimum Gasteiger partial charge on any atom is -0.744 e. The molecule has 0 aromatic heterocycles. The van der Waals surface area contributed by atoms with Crippen LogP contribution in [0.2, 0.25) is 20.1 Å². The number of carbonyl (C=O) groups is 4. The van der Waals surface area contributed by atoms with Crippen molar-refractivity contribution >= 4 is 128 Å². The molecular formula is C37H47Cl4F6KN6O13PS4-. The Hall–Kier alpha value is -1.48. The number of carboxylic acids is 1. The number of carboxylic acid groups (broad SMARTS) is 1. The van der Waals surface area contributed by atoms with Gasteiger partial charge in [-0.05, 0) is 49.9 Å². The summed E-state index contributed by atoms with van der Waals surface area (Å²) in [5, 5.41) is 20.3. The van der Waals surface area contributed by atoms with Crippen LogP contribution in [0.15, 0.2) is 34.1 Å². The van der Waals surface area contributed by atoms with E-state index in [4.69, 9.17) is 61.0 Å². The van der Waals surface area contributed by atoms with E-state index in [2.05, 4.69) is 21.3 Å². The summed E-state index contributed by atoms with van der Waals surface area (Å²) in [5.74, 6) is 0.463. The number of carbonyl (C=O) groups excluding carboxylic acids is 3. The van der Waals surface area contributed by atoms with Gasteiger partial charge in [0.1, 0.15) is 20.2 Å². The second-order valence-corrected chi connectivity index (χ2v) is 24.9. The molecule has 404 valence electrons. The summed E-state index contributed by atoms with van der Waals surface area (Å²) in [6, 6.07) is 4.85. The van der Waals surface area contributed by atoms with Gasteiger partial charge in [-0.3, -0.25) is 9.59 Å². The minimum absolute atomic E-state index is 0. The molecule has 6 atom stereocenters. The number of hydrogen-bond donors (Lipinski definition) is 5. The largest absolute Gasteiger partial charge is 1.00 e. The van der Waals surface area contributed by atoms with Crippen LogP contribution < -0.4 is 82.1 Å². The number of rotatable bonds is 14. The number of thioether (sulfide) groups is 2. The van der Waals surface area contributed by atoms with E-state index in [1.165, 1.54) is 0 Å². The predicted octanol–water partition coefficient (Wildman–Crippen LogP) is 5.18. The molecule has 2 aromatic rings. The van der Waals surface area contributed by atoms with Gasteiger partial charge in [0.15, 0.2) is 11.5 Å². The van der Waals surface area contributed by atoms with Crippen LogP contribution in [0.5, 0.6) is 11.5 Å². The van der Waals surface area contributed by atoms with E-state index in [0.717, 1.165) is 67.9 Å². The van der Waals surface area contributed by atoms with Crippen LogP contribution >= 0.6 is 77.7 Å². The van der Waals surface area contributed by atoms with Gasteiger partial charge >= 0.3 is 114 Å². The van der Waals surface area contributed by atoms with E-state index in [9.17, 15) is 70.3 Å². The van der Waals surface area contributed by atoms with Crippen molar-refractivity contribution in [1.82, 2.24) is 26.2 Å². The Bertz CT molecular complexity index is 2530. The molecule has 5 N–H and O–H groups in total. The molecule has 6 rings (SSSR count). The Kier molecular flexibility index (Phi) is 24.7. The molecule has 0 saturated carbocycles. The van der Waals surface area contributed by atoms with Gasteiger partial charge in [-0.25, -0.2) is 35.9 Å². The number of halogens is 10. The molecular weight excluding hydrogens is 1190 g/mol. The number of nitrogens with zero attached hydrogens (tertiary/aromatic N) is 2. The fourth-order valence-electron chi connectivity index (χ4n) is 6.92. The van der Waals surface area contributed by atoms with Crippen LogP contribution in [0.1, 0.15) is 51.4 Å². The van der Waals surface area contributed by atoms with Crippen LogP contribution in [-0.4, -0.2) is 145 Å². The Morgan fingerprint density at radius 2 is 1.06 bits per heavy atom. The van der Waals surface area contributed by atoms with Crippen LogP contribution in [-0.2, 0) is 29.8 Å². The molecule has 35 heteroatoms. The Balaban J connectivity index is 0.000000356. The van der Waals surface area contributed by atoms with Crippen molar-refractivity contribution in [3.8, 4) is 11.5 Å². The van der Waals surface area contributed by atoms with E-state index in [1.54, 1.807) is 49.4 Å². The number of unbranched alkanes of at least 4 members (excludes halogenated alkanes) is 2. The second-order valence-electron chi connectivity index (χ2n) is 16.1. The third-order valence-electron chi connectivity index (χ3n) is 9.82. The summed E-state index contributed by atoms with van der Waals surface area (Å²) in [6.07, 6.45) is 5.23. The SMILES string of the molecule is CN(C)C(Oc1c(Cl)cc(S(=O)(=O)[O-])cc1Cl)=[N+](C)C.F[P-](F)(F)(F)(F)F.O=C(O)CCCCC1SCC2NC(=O)NC21.O=C1NC2CSC(CCCCC(=O)Oc3c(Cl)cc(S(=O)(=O)[O-])cc3Cl)C2N1.[K+]. The van der Waals surface area contributed by atoms with Gasteiger partial charge in [0.05, 0.1) is 82.2 Å². The van der Waals surface area contributed by atoms with Crippen molar-refractivity contribution in [2.45, 2.75) is 95.8 Å². The quantitative estimate of drug-likeness (QED) is 0.0139. The number of aliphatic carboxylic acids is 1. The number of fused-ring (bicyclic) bond motifs is 2. The van der Waals surface area contributed by atoms with Gasteiger partial charge in [-0.15, -0.1) is 0 Å². The first-order valence-electron chi connectivity index (χ1n) is 20.5. The molecule has 0 bridgehead atoms. The van der Waals surface area contributed by atoms with Crippen LogP contribution in [0, 0.1) is 0 Å². The van der Waals surface area contributed by atoms with Gasteiger partial charge in [0.25, 0.3) is 0 Å². The van der Waals surface area contributed by atoms with Crippen molar-refractivity contribution in [3.63, 3.8) is 0 Å². The molecule has 4 aliphatic heterocycles. The average molecular weight is 1240 g/mol. The van der Waals surface area contributed by atoms with Gasteiger partial charge in [0.2, 0.25) is 0 Å². The third-order valence-corrected chi connectivity index (χ3v) is 15.6. The van der Waals surface area contributed by atoms with E-state index >= 15 is 0 Å². The van der Waals surface area contributed by atoms with Gasteiger partial charge in [-0.2, -0.15) is 23.5 Å². The van der Waals surface area contributed by atoms with Crippen molar-refractivity contribution in [2.24, 2.45) is 0 Å². The summed E-state index contributed by atoms with van der Waals surface area (Å²) < 4.78 is 138. The van der Waals surface area contributed by atoms with E-state index in [-0.39, 0.29) is 132 Å². The Morgan fingerprint density at radius 1 is 0.708 bits per heavy atom. The van der Waals surface area contributed by atoms with Gasteiger partial charge in [-0.1, -0.05) is 59.2 Å². The third kappa shape index (κ3) is 23.8. The molecule has 72 heavy (non-hydrogen) atoms. The molecule has 4 heterocycles. The summed E-state index contributed by atoms with van der Waals surface area (Å²) in [7, 11) is -13.0. The number of nitrogens with one attached hydrogen (secondary N) is 4. The number of amidine groups is 1. The molecule has 19 nitrogen and oxygen atoms in total. The van der Waals surface area contributed by atoms with E-state index in [0.29, 0.717) is 22.9 Å². The maximum absolute atomic E-state index is 12.0. The van der Waals surface area contributed by atoms with Crippen molar-refractivity contribution in [3.05, 3.63) is 44.4 Å². The van der Waals surface area contributed by atoms with Crippen molar-refractivity contribution in [1.29, 1.82) is 0 Å². The van der Waals surface area contributed by atoms with Gasteiger partial charge in [0, 0.05) is 34.8 Å². The molecule has 4 amide bonds. The maximum Gasteiger partial charge on any atom is 1.00 e. The Labute approximate surface area is 481 Å². The molecule has 2 aromatic carbocycles. The smallest absolute Gasteiger partial charge is 0.744 e. The zero-order valence-corrected chi connectivity index (χ0v) is 48.8. The standard InChI is InChI=1S/C16H18Cl2N2O6S2.C11H14Cl2N2O4S.C10H16N2O3S.F6P.K/c17-9-5-8(28(23,24)25)6-10(18)15(9)26-13(21)4-2-1-3-12-14-11(7-27-12)19-16(22)20-14;1-14(2)11(15(3)4)19-10-8(12)5-7(6-9(10)13)20(16,17)18;13-8(14)4-2-1-3-7-9-6(5-16-7)11-10(15)12-9;1-7(2,3,4,5)6;/h5-6,11-12,14H,1-4,7H2,(H2,19,20,22)(H,23,24,25);5-6H,1-4H3;6-7,9H,1-5H2,(H,13,14)(H2,11,12,15);;/q;;;-1;+1/p-1. The first-order chi connectivity index (χ1) is 32.3. The van der Waals surface area contributed by atoms with E-state index in [1.807, 2.05) is 11.8 Å². The molecule has 4 aliphatic rings. The molecule has 0 radical (unpaired) electrons. The maximum atomic E-state index is 12.0. The number of hydrogen-bond acceptors (Lipinski definition) is 14. The molecule has 0 spiro atoms. The zero-order valence-electron chi connectivity index (χ0n) is 38.4. The zero-order chi connectivity index (χ0) is 54.1. The monoisotopic (exact) mass is 1240 g/mol. The number of benzene rings is 2. The van der Waals surface area contributed by atoms with Crippen molar-refractivity contribution < 1.29 is 141 Å². The summed E-state index contributed by atoms with van der Waals surface area (Å²) >= 11 is 27.3. The first-order valence-corrected chi connectivity index (χ1v) is 28.9. The van der Waals surface area contributed by atoms with E-state index < -0.39 is 49.8 Å². The summed E-state index contributed by atoms with van der Waals surface area (Å²) in [5.41, 5.74) is 0.